The second kappa shape index (κ2) is 7.35. The Labute approximate surface area is 171 Å². The number of hydrogen-bond acceptors (Lipinski definition) is 5. The van der Waals surface area contributed by atoms with E-state index in [1.165, 1.54) is 0 Å². The van der Waals surface area contributed by atoms with Crippen LogP contribution in [-0.4, -0.2) is 62.1 Å². The van der Waals surface area contributed by atoms with Crippen LogP contribution in [0.5, 0.6) is 0 Å². The van der Waals surface area contributed by atoms with E-state index >= 15 is 0 Å². The molecule has 9 heteroatoms. The molecule has 160 valence electrons. The zero-order valence-electron chi connectivity index (χ0n) is 18.1. The van der Waals surface area contributed by atoms with Crippen molar-refractivity contribution in [2.45, 2.75) is 72.1 Å². The maximum Gasteiger partial charge on any atom is 0.410 e. The first kappa shape index (κ1) is 21.1. The maximum absolute atomic E-state index is 12.8. The number of carbonyl (C=O) groups excluding carboxylic acids is 3. The van der Waals surface area contributed by atoms with Gasteiger partial charge in [-0.05, 0) is 41.5 Å². The van der Waals surface area contributed by atoms with Gasteiger partial charge >= 0.3 is 6.09 Å². The van der Waals surface area contributed by atoms with Gasteiger partial charge in [-0.25, -0.2) is 4.79 Å². The number of aromatic amines is 1. The van der Waals surface area contributed by atoms with Gasteiger partial charge in [0, 0.05) is 42.7 Å². The lowest BCUT2D eigenvalue weighted by Crippen LogP contribution is -2.42. The summed E-state index contributed by atoms with van der Waals surface area (Å²) >= 11 is 0. The predicted octanol–water partition coefficient (Wildman–Crippen LogP) is 2.29. The van der Waals surface area contributed by atoms with Crippen LogP contribution < -0.4 is 5.32 Å². The zero-order valence-corrected chi connectivity index (χ0v) is 18.1. The first-order valence-electron chi connectivity index (χ1n) is 10.0. The molecule has 0 spiro atoms. The minimum absolute atomic E-state index is 0.0159. The van der Waals surface area contributed by atoms with Crippen molar-refractivity contribution in [3.05, 3.63) is 11.3 Å². The lowest BCUT2D eigenvalue weighted by molar-refractivity contribution is -0.131. The molecule has 0 radical (unpaired) electrons. The molecule has 0 aliphatic carbocycles. The molecule has 2 aliphatic rings. The minimum Gasteiger partial charge on any atom is -0.444 e. The summed E-state index contributed by atoms with van der Waals surface area (Å²) in [6.45, 7) is 12.6. The Bertz CT molecular complexity index is 818. The van der Waals surface area contributed by atoms with Crippen LogP contribution in [0.4, 0.5) is 10.6 Å². The van der Waals surface area contributed by atoms with Crippen LogP contribution in [-0.2, 0) is 27.3 Å². The van der Waals surface area contributed by atoms with Crippen molar-refractivity contribution in [3.63, 3.8) is 0 Å². The summed E-state index contributed by atoms with van der Waals surface area (Å²) in [4.78, 5) is 40.8. The molecule has 1 aromatic rings. The Morgan fingerprint density at radius 3 is 2.48 bits per heavy atom. The minimum atomic E-state index is -0.571. The molecule has 1 unspecified atom stereocenters. The fourth-order valence-electron chi connectivity index (χ4n) is 3.63. The summed E-state index contributed by atoms with van der Waals surface area (Å²) < 4.78 is 5.45. The molecule has 3 amide bonds. The van der Waals surface area contributed by atoms with Crippen LogP contribution in [0.15, 0.2) is 0 Å². The molecule has 1 atom stereocenters. The molecule has 3 rings (SSSR count). The van der Waals surface area contributed by atoms with Crippen LogP contribution in [0.2, 0.25) is 0 Å². The number of rotatable bonds is 2. The molecule has 29 heavy (non-hydrogen) atoms. The van der Waals surface area contributed by atoms with Gasteiger partial charge in [0.1, 0.15) is 5.60 Å². The Morgan fingerprint density at radius 1 is 1.21 bits per heavy atom. The summed E-state index contributed by atoms with van der Waals surface area (Å²) in [5, 5.41) is 10.0. The smallest absolute Gasteiger partial charge is 0.410 e. The number of carbonyl (C=O) groups is 3. The molecule has 1 fully saturated rings. The van der Waals surface area contributed by atoms with E-state index in [9.17, 15) is 14.4 Å². The van der Waals surface area contributed by atoms with Crippen LogP contribution in [0.3, 0.4) is 0 Å². The Balaban J connectivity index is 1.67. The number of nitrogens with zero attached hydrogens (tertiary/aromatic N) is 3. The Kier molecular flexibility index (Phi) is 5.36. The summed E-state index contributed by atoms with van der Waals surface area (Å²) in [6.07, 6.45) is 0.417. The highest BCUT2D eigenvalue weighted by Crippen LogP contribution is 2.29. The van der Waals surface area contributed by atoms with Gasteiger partial charge in [0.15, 0.2) is 5.82 Å². The number of aromatic nitrogens is 2. The molecule has 1 saturated heterocycles. The first-order chi connectivity index (χ1) is 13.3. The highest BCUT2D eigenvalue weighted by molar-refractivity contribution is 5.97. The maximum atomic E-state index is 12.8. The average Bonchev–Trinajstić information content (AvgIpc) is 3.16. The molecule has 3 heterocycles. The molecule has 1 aromatic heterocycles. The van der Waals surface area contributed by atoms with Gasteiger partial charge in [0.25, 0.3) is 0 Å². The quantitative estimate of drug-likeness (QED) is 0.785. The van der Waals surface area contributed by atoms with Crippen molar-refractivity contribution in [2.24, 2.45) is 5.92 Å². The van der Waals surface area contributed by atoms with Crippen LogP contribution in [0.25, 0.3) is 0 Å². The molecular weight excluding hydrogens is 374 g/mol. The van der Waals surface area contributed by atoms with Gasteiger partial charge in [0.2, 0.25) is 11.8 Å². The number of H-pyrrole nitrogens is 1. The monoisotopic (exact) mass is 405 g/mol. The van der Waals surface area contributed by atoms with E-state index in [1.807, 2.05) is 41.5 Å². The fraction of sp³-hybridized carbons (Fsp3) is 0.700. The third-order valence-electron chi connectivity index (χ3n) is 5.13. The van der Waals surface area contributed by atoms with Crippen molar-refractivity contribution in [3.8, 4) is 0 Å². The van der Waals surface area contributed by atoms with E-state index in [0.29, 0.717) is 31.9 Å². The molecule has 9 nitrogen and oxygen atoms in total. The first-order valence-corrected chi connectivity index (χ1v) is 10.0. The predicted molar refractivity (Wildman–Crippen MR) is 107 cm³/mol. The number of amides is 3. The van der Waals surface area contributed by atoms with Gasteiger partial charge in [-0.15, -0.1) is 0 Å². The number of ether oxygens (including phenoxy) is 1. The molecule has 2 N–H and O–H groups in total. The molecule has 2 aliphatic heterocycles. The molecule has 0 aromatic carbocycles. The van der Waals surface area contributed by atoms with E-state index in [4.69, 9.17) is 4.74 Å². The van der Waals surface area contributed by atoms with Gasteiger partial charge in [0.05, 0.1) is 12.5 Å². The normalized spacial score (nSPS) is 19.9. The SMILES string of the molecule is CC(C)(C)OC(=O)N1CCc2[nH]nc(NC(=O)C3CC(=O)N(C(C)(C)C)C3)c2C1. The van der Waals surface area contributed by atoms with E-state index in [2.05, 4.69) is 15.5 Å². The van der Waals surface area contributed by atoms with Gasteiger partial charge in [-0.3, -0.25) is 14.7 Å². The molecular formula is C20H31N5O4. The fourth-order valence-corrected chi connectivity index (χ4v) is 3.63. The molecule has 0 bridgehead atoms. The Morgan fingerprint density at radius 2 is 1.90 bits per heavy atom. The van der Waals surface area contributed by atoms with Gasteiger partial charge in [-0.2, -0.15) is 5.10 Å². The third kappa shape index (κ3) is 4.71. The van der Waals surface area contributed by atoms with E-state index in [-0.39, 0.29) is 29.9 Å². The van der Waals surface area contributed by atoms with E-state index in [1.54, 1.807) is 9.80 Å². The second-order valence-electron chi connectivity index (χ2n) is 9.75. The van der Waals surface area contributed by atoms with E-state index < -0.39 is 11.5 Å². The van der Waals surface area contributed by atoms with Crippen molar-refractivity contribution < 1.29 is 19.1 Å². The summed E-state index contributed by atoms with van der Waals surface area (Å²) in [6, 6.07) is 0. The van der Waals surface area contributed by atoms with Crippen LogP contribution in [0, 0.1) is 5.92 Å². The zero-order chi connectivity index (χ0) is 21.6. The summed E-state index contributed by atoms with van der Waals surface area (Å²) in [7, 11) is 0. The average molecular weight is 405 g/mol. The van der Waals surface area contributed by atoms with Crippen molar-refractivity contribution in [1.29, 1.82) is 0 Å². The van der Waals surface area contributed by atoms with Crippen molar-refractivity contribution in [2.75, 3.05) is 18.4 Å². The standard InChI is InChI=1S/C20H31N5O4/c1-19(2,3)25-10-12(9-15(25)26)17(27)21-16-13-11-24(8-7-14(13)22-23-16)18(28)29-20(4,5)6/h12H,7-11H2,1-6H3,(H2,21,22,23,27). The number of nitrogens with one attached hydrogen (secondary N) is 2. The number of likely N-dealkylation sites (tertiary alicyclic amines) is 1. The van der Waals surface area contributed by atoms with Crippen molar-refractivity contribution in [1.82, 2.24) is 20.0 Å². The van der Waals surface area contributed by atoms with Crippen molar-refractivity contribution >= 4 is 23.7 Å². The number of anilines is 1. The Hall–Kier alpha value is -2.58. The van der Waals surface area contributed by atoms with Gasteiger partial charge < -0.3 is 19.9 Å². The second-order valence-corrected chi connectivity index (χ2v) is 9.75. The lowest BCUT2D eigenvalue weighted by Gasteiger charge is -2.32. The lowest BCUT2D eigenvalue weighted by atomic mass is 10.1. The van der Waals surface area contributed by atoms with Gasteiger partial charge in [-0.1, -0.05) is 0 Å². The summed E-state index contributed by atoms with van der Waals surface area (Å²) in [5.41, 5.74) is 0.802. The van der Waals surface area contributed by atoms with Crippen LogP contribution >= 0.6 is 0 Å². The molecule has 0 saturated carbocycles. The number of fused-ring (bicyclic) bond motifs is 1. The number of hydrogen-bond donors (Lipinski definition) is 2. The van der Waals surface area contributed by atoms with E-state index in [0.717, 1.165) is 11.3 Å². The van der Waals surface area contributed by atoms with Crippen LogP contribution in [0.1, 0.15) is 59.2 Å². The summed E-state index contributed by atoms with van der Waals surface area (Å²) in [5.74, 6) is -0.244. The topological polar surface area (TPSA) is 108 Å². The largest absolute Gasteiger partial charge is 0.444 e. The highest BCUT2D eigenvalue weighted by atomic mass is 16.6. The third-order valence-corrected chi connectivity index (χ3v) is 5.13. The highest BCUT2D eigenvalue weighted by Gasteiger charge is 2.40.